The number of sulfonamides is 1. The Bertz CT molecular complexity index is 529. The SMILES string of the molecule is CC(C)NC(=O)CCN(Cc1ccccn1)S(C)(=O)=O. The molecule has 112 valence electrons. The Morgan fingerprint density at radius 2 is 2.10 bits per heavy atom. The number of nitrogens with one attached hydrogen (secondary N) is 1. The normalized spacial score (nSPS) is 11.8. The first-order valence-electron chi connectivity index (χ1n) is 6.43. The van der Waals surface area contributed by atoms with Crippen LogP contribution >= 0.6 is 0 Å². The molecule has 0 atom stereocenters. The van der Waals surface area contributed by atoms with Crippen molar-refractivity contribution in [3.63, 3.8) is 0 Å². The quantitative estimate of drug-likeness (QED) is 0.806. The summed E-state index contributed by atoms with van der Waals surface area (Å²) in [6, 6.07) is 5.37. The molecule has 0 aliphatic carbocycles. The van der Waals surface area contributed by atoms with E-state index in [0.29, 0.717) is 5.69 Å². The van der Waals surface area contributed by atoms with Crippen LogP contribution in [0.5, 0.6) is 0 Å². The highest BCUT2D eigenvalue weighted by molar-refractivity contribution is 7.88. The van der Waals surface area contributed by atoms with Crippen LogP contribution in [0.15, 0.2) is 24.4 Å². The summed E-state index contributed by atoms with van der Waals surface area (Å²) < 4.78 is 24.7. The van der Waals surface area contributed by atoms with Gasteiger partial charge in [-0.25, -0.2) is 8.42 Å². The maximum atomic E-state index is 11.7. The molecule has 0 fully saturated rings. The zero-order valence-corrected chi connectivity index (χ0v) is 12.9. The predicted octanol–water partition coefficient (Wildman–Crippen LogP) is 0.758. The molecule has 0 saturated carbocycles. The van der Waals surface area contributed by atoms with Crippen molar-refractivity contribution in [3.05, 3.63) is 30.1 Å². The standard InChI is InChI=1S/C13H21N3O3S/c1-11(2)15-13(17)7-9-16(20(3,18)19)10-12-6-4-5-8-14-12/h4-6,8,11H,7,9-10H2,1-3H3,(H,15,17). The largest absolute Gasteiger partial charge is 0.354 e. The van der Waals surface area contributed by atoms with Gasteiger partial charge in [-0.15, -0.1) is 0 Å². The Labute approximate surface area is 120 Å². The van der Waals surface area contributed by atoms with E-state index in [1.807, 2.05) is 13.8 Å². The maximum absolute atomic E-state index is 11.7. The summed E-state index contributed by atoms with van der Waals surface area (Å²) in [6.07, 6.45) is 2.88. The molecule has 0 aliphatic heterocycles. The number of hydrogen-bond acceptors (Lipinski definition) is 4. The van der Waals surface area contributed by atoms with E-state index in [9.17, 15) is 13.2 Å². The van der Waals surface area contributed by atoms with Crippen molar-refractivity contribution < 1.29 is 13.2 Å². The maximum Gasteiger partial charge on any atom is 0.221 e. The Kier molecular flexibility index (Phi) is 6.09. The minimum Gasteiger partial charge on any atom is -0.354 e. The van der Waals surface area contributed by atoms with E-state index in [2.05, 4.69) is 10.3 Å². The average Bonchev–Trinajstić information content (AvgIpc) is 2.33. The fraction of sp³-hybridized carbons (Fsp3) is 0.538. The predicted molar refractivity (Wildman–Crippen MR) is 77.4 cm³/mol. The topological polar surface area (TPSA) is 79.4 Å². The lowest BCUT2D eigenvalue weighted by Crippen LogP contribution is -2.36. The molecule has 1 N–H and O–H groups in total. The van der Waals surface area contributed by atoms with Gasteiger partial charge >= 0.3 is 0 Å². The average molecular weight is 299 g/mol. The highest BCUT2D eigenvalue weighted by Crippen LogP contribution is 2.07. The zero-order valence-electron chi connectivity index (χ0n) is 12.0. The minimum absolute atomic E-state index is 0.0463. The van der Waals surface area contributed by atoms with Crippen LogP contribution in [0.25, 0.3) is 0 Å². The third-order valence-corrected chi connectivity index (χ3v) is 3.82. The highest BCUT2D eigenvalue weighted by atomic mass is 32.2. The molecule has 0 aliphatic rings. The van der Waals surface area contributed by atoms with Gasteiger partial charge in [0.25, 0.3) is 0 Å². The van der Waals surface area contributed by atoms with Gasteiger partial charge in [-0.1, -0.05) is 6.07 Å². The third kappa shape index (κ3) is 6.12. The van der Waals surface area contributed by atoms with Gasteiger partial charge in [0.2, 0.25) is 15.9 Å². The number of rotatable bonds is 7. The monoisotopic (exact) mass is 299 g/mol. The van der Waals surface area contributed by atoms with E-state index in [1.165, 1.54) is 4.31 Å². The molecule has 0 aromatic carbocycles. The van der Waals surface area contributed by atoms with E-state index in [1.54, 1.807) is 24.4 Å². The number of aromatic nitrogens is 1. The van der Waals surface area contributed by atoms with E-state index in [-0.39, 0.29) is 31.5 Å². The Morgan fingerprint density at radius 1 is 1.40 bits per heavy atom. The van der Waals surface area contributed by atoms with Gasteiger partial charge < -0.3 is 5.32 Å². The molecule has 1 amide bonds. The van der Waals surface area contributed by atoms with Crippen LogP contribution in [0.2, 0.25) is 0 Å². The molecule has 1 heterocycles. The number of nitrogens with zero attached hydrogens (tertiary/aromatic N) is 2. The molecular weight excluding hydrogens is 278 g/mol. The van der Waals surface area contributed by atoms with Gasteiger partial charge in [-0.2, -0.15) is 4.31 Å². The van der Waals surface area contributed by atoms with Crippen molar-refractivity contribution in [1.29, 1.82) is 0 Å². The number of carbonyl (C=O) groups is 1. The molecule has 0 spiro atoms. The number of amides is 1. The lowest BCUT2D eigenvalue weighted by molar-refractivity contribution is -0.121. The van der Waals surface area contributed by atoms with Crippen LogP contribution in [0.3, 0.4) is 0 Å². The van der Waals surface area contributed by atoms with Crippen LogP contribution in [-0.4, -0.2) is 42.5 Å². The molecule has 6 nitrogen and oxygen atoms in total. The summed E-state index contributed by atoms with van der Waals surface area (Å²) >= 11 is 0. The molecule has 0 bridgehead atoms. The molecule has 0 unspecified atom stereocenters. The van der Waals surface area contributed by atoms with Gasteiger partial charge in [0.1, 0.15) is 0 Å². The number of hydrogen-bond donors (Lipinski definition) is 1. The molecule has 20 heavy (non-hydrogen) atoms. The van der Waals surface area contributed by atoms with Gasteiger partial charge in [-0.3, -0.25) is 9.78 Å². The summed E-state index contributed by atoms with van der Waals surface area (Å²) in [7, 11) is -3.37. The van der Waals surface area contributed by atoms with Gasteiger partial charge in [0, 0.05) is 25.2 Å². The fourth-order valence-electron chi connectivity index (χ4n) is 1.65. The number of carbonyl (C=O) groups excluding carboxylic acids is 1. The fourth-order valence-corrected chi connectivity index (χ4v) is 2.44. The van der Waals surface area contributed by atoms with Crippen molar-refractivity contribution in [3.8, 4) is 0 Å². The van der Waals surface area contributed by atoms with Crippen LogP contribution in [-0.2, 0) is 21.4 Å². The molecule has 1 aromatic heterocycles. The summed E-state index contributed by atoms with van der Waals surface area (Å²) in [4.78, 5) is 15.7. The van der Waals surface area contributed by atoms with Gasteiger partial charge in [0.15, 0.2) is 0 Å². The van der Waals surface area contributed by atoms with Crippen LogP contribution in [0, 0.1) is 0 Å². The van der Waals surface area contributed by atoms with E-state index >= 15 is 0 Å². The molecule has 0 saturated heterocycles. The van der Waals surface area contributed by atoms with Crippen LogP contribution < -0.4 is 5.32 Å². The summed E-state index contributed by atoms with van der Waals surface area (Å²) in [5.74, 6) is -0.158. The second-order valence-corrected chi connectivity index (χ2v) is 6.87. The van der Waals surface area contributed by atoms with E-state index < -0.39 is 10.0 Å². The first kappa shape index (κ1) is 16.6. The molecule has 1 aromatic rings. The lowest BCUT2D eigenvalue weighted by Gasteiger charge is -2.19. The van der Waals surface area contributed by atoms with E-state index in [4.69, 9.17) is 0 Å². The van der Waals surface area contributed by atoms with Gasteiger partial charge in [0.05, 0.1) is 18.5 Å². The molecule has 0 radical (unpaired) electrons. The lowest BCUT2D eigenvalue weighted by atomic mass is 10.3. The Morgan fingerprint density at radius 3 is 2.60 bits per heavy atom. The van der Waals surface area contributed by atoms with Crippen molar-refractivity contribution in [2.45, 2.75) is 32.9 Å². The second-order valence-electron chi connectivity index (χ2n) is 4.89. The van der Waals surface area contributed by atoms with Crippen molar-refractivity contribution in [2.75, 3.05) is 12.8 Å². The number of pyridine rings is 1. The second kappa shape index (κ2) is 7.35. The summed E-state index contributed by atoms with van der Waals surface area (Å²) in [5.41, 5.74) is 0.655. The van der Waals surface area contributed by atoms with Crippen LogP contribution in [0.4, 0.5) is 0 Å². The third-order valence-electron chi connectivity index (χ3n) is 2.57. The zero-order chi connectivity index (χ0) is 15.2. The van der Waals surface area contributed by atoms with Crippen molar-refractivity contribution in [2.24, 2.45) is 0 Å². The molecule has 7 heteroatoms. The first-order chi connectivity index (χ1) is 9.29. The minimum atomic E-state index is -3.37. The Balaban J connectivity index is 2.65. The summed E-state index contributed by atoms with van der Waals surface area (Å²) in [6.45, 7) is 4.04. The molecular formula is C13H21N3O3S. The molecule has 1 rings (SSSR count). The summed E-state index contributed by atoms with van der Waals surface area (Å²) in [5, 5.41) is 2.74. The smallest absolute Gasteiger partial charge is 0.221 e. The van der Waals surface area contributed by atoms with Crippen molar-refractivity contribution in [1.82, 2.24) is 14.6 Å². The van der Waals surface area contributed by atoms with Gasteiger partial charge in [-0.05, 0) is 26.0 Å². The highest BCUT2D eigenvalue weighted by Gasteiger charge is 2.18. The first-order valence-corrected chi connectivity index (χ1v) is 8.28. The van der Waals surface area contributed by atoms with E-state index in [0.717, 1.165) is 6.26 Å². The van der Waals surface area contributed by atoms with Crippen molar-refractivity contribution >= 4 is 15.9 Å². The Hall–Kier alpha value is -1.47. The van der Waals surface area contributed by atoms with Crippen LogP contribution in [0.1, 0.15) is 26.0 Å².